The molecular weight excluding hydrogens is 264 g/mol. The Morgan fingerprint density at radius 2 is 1.95 bits per heavy atom. The van der Waals surface area contributed by atoms with Crippen LogP contribution in [-0.4, -0.2) is 11.5 Å². The van der Waals surface area contributed by atoms with Crippen LogP contribution in [0.1, 0.15) is 49.7 Å². The Labute approximate surface area is 125 Å². The fourth-order valence-corrected chi connectivity index (χ4v) is 4.29. The van der Waals surface area contributed by atoms with E-state index in [4.69, 9.17) is 0 Å². The second-order valence-corrected chi connectivity index (χ2v) is 7.10. The molecule has 1 unspecified atom stereocenters. The minimum Gasteiger partial charge on any atom is -0.302 e. The Kier molecular flexibility index (Phi) is 3.43. The molecule has 3 heteroatoms. The molecule has 1 aliphatic carbocycles. The van der Waals surface area contributed by atoms with Gasteiger partial charge >= 0.3 is 0 Å². The molecule has 3 rings (SSSR count). The average Bonchev–Trinajstić information content (AvgIpc) is 2.97. The number of nitrogens with one attached hydrogen (secondary N) is 1. The SMILES string of the molecule is CCNC1(c2nccs2)CCC(C)(C)c2ccccc21. The predicted octanol–water partition coefficient (Wildman–Crippen LogP) is 4.07. The second kappa shape index (κ2) is 4.97. The molecule has 1 aromatic heterocycles. The maximum absolute atomic E-state index is 4.63. The molecule has 0 spiro atoms. The van der Waals surface area contributed by atoms with Crippen molar-refractivity contribution in [3.8, 4) is 0 Å². The Balaban J connectivity index is 2.22. The fourth-order valence-electron chi connectivity index (χ4n) is 3.43. The molecule has 0 bridgehead atoms. The number of aromatic nitrogens is 1. The van der Waals surface area contributed by atoms with E-state index < -0.39 is 0 Å². The standard InChI is InChI=1S/C17H22N2S/c1-4-19-17(15-18-11-12-20-15)10-9-16(2,3)13-7-5-6-8-14(13)17/h5-8,11-12,19H,4,9-10H2,1-3H3. The van der Waals surface area contributed by atoms with Gasteiger partial charge in [0.05, 0.1) is 5.54 Å². The summed E-state index contributed by atoms with van der Waals surface area (Å²) in [6.45, 7) is 7.83. The lowest BCUT2D eigenvalue weighted by molar-refractivity contribution is 0.288. The summed E-state index contributed by atoms with van der Waals surface area (Å²) in [6.07, 6.45) is 4.20. The van der Waals surface area contributed by atoms with Crippen LogP contribution in [0.2, 0.25) is 0 Å². The van der Waals surface area contributed by atoms with Gasteiger partial charge in [0.15, 0.2) is 0 Å². The first-order valence-electron chi connectivity index (χ1n) is 7.35. The summed E-state index contributed by atoms with van der Waals surface area (Å²) in [4.78, 5) is 4.63. The quantitative estimate of drug-likeness (QED) is 0.920. The summed E-state index contributed by atoms with van der Waals surface area (Å²) in [6, 6.07) is 8.87. The molecule has 0 fully saturated rings. The molecule has 2 nitrogen and oxygen atoms in total. The van der Waals surface area contributed by atoms with Gasteiger partial charge < -0.3 is 5.32 Å². The van der Waals surface area contributed by atoms with Crippen molar-refractivity contribution in [1.82, 2.24) is 10.3 Å². The lowest BCUT2D eigenvalue weighted by atomic mass is 9.65. The maximum Gasteiger partial charge on any atom is 0.117 e. The Hall–Kier alpha value is -1.19. The van der Waals surface area contributed by atoms with E-state index in [2.05, 4.69) is 60.7 Å². The van der Waals surface area contributed by atoms with Crippen LogP contribution in [0.5, 0.6) is 0 Å². The lowest BCUT2D eigenvalue weighted by Gasteiger charge is -2.45. The van der Waals surface area contributed by atoms with Crippen LogP contribution in [0, 0.1) is 0 Å². The van der Waals surface area contributed by atoms with E-state index in [0.717, 1.165) is 13.0 Å². The summed E-state index contributed by atoms with van der Waals surface area (Å²) < 4.78 is 0. The van der Waals surface area contributed by atoms with E-state index in [1.54, 1.807) is 11.3 Å². The van der Waals surface area contributed by atoms with E-state index in [9.17, 15) is 0 Å². The van der Waals surface area contributed by atoms with Gasteiger partial charge in [-0.15, -0.1) is 11.3 Å². The van der Waals surface area contributed by atoms with Crippen LogP contribution in [0.15, 0.2) is 35.8 Å². The van der Waals surface area contributed by atoms with Crippen molar-refractivity contribution in [1.29, 1.82) is 0 Å². The second-order valence-electron chi connectivity index (χ2n) is 6.20. The summed E-state index contributed by atoms with van der Waals surface area (Å²) in [7, 11) is 0. The first-order valence-corrected chi connectivity index (χ1v) is 8.23. The van der Waals surface area contributed by atoms with E-state index in [0.29, 0.717) is 0 Å². The molecule has 0 saturated carbocycles. The van der Waals surface area contributed by atoms with Crippen LogP contribution in [0.3, 0.4) is 0 Å². The highest BCUT2D eigenvalue weighted by molar-refractivity contribution is 7.09. The molecular formula is C17H22N2S. The lowest BCUT2D eigenvalue weighted by Crippen LogP contribution is -2.48. The monoisotopic (exact) mass is 286 g/mol. The third-order valence-corrected chi connectivity index (χ3v) is 5.45. The molecule has 0 saturated heterocycles. The van der Waals surface area contributed by atoms with Gasteiger partial charge in [-0.2, -0.15) is 0 Å². The molecule has 1 aliphatic rings. The van der Waals surface area contributed by atoms with E-state index in [-0.39, 0.29) is 11.0 Å². The number of nitrogens with zero attached hydrogens (tertiary/aromatic N) is 1. The normalized spacial score (nSPS) is 24.4. The van der Waals surface area contributed by atoms with Gasteiger partial charge in [0.25, 0.3) is 0 Å². The van der Waals surface area contributed by atoms with Crippen molar-refractivity contribution >= 4 is 11.3 Å². The molecule has 1 aromatic carbocycles. The maximum atomic E-state index is 4.63. The molecule has 0 aliphatic heterocycles. The third-order valence-electron chi connectivity index (χ3n) is 4.52. The van der Waals surface area contributed by atoms with Crippen molar-refractivity contribution in [2.45, 2.75) is 44.6 Å². The number of thiazole rings is 1. The summed E-state index contributed by atoms with van der Waals surface area (Å²) in [5.74, 6) is 0. The molecule has 106 valence electrons. The number of benzene rings is 1. The highest BCUT2D eigenvalue weighted by Gasteiger charge is 2.44. The molecule has 1 atom stereocenters. The number of rotatable bonds is 3. The zero-order chi connectivity index (χ0) is 14.2. The highest BCUT2D eigenvalue weighted by atomic mass is 32.1. The van der Waals surface area contributed by atoms with Crippen LogP contribution in [0.4, 0.5) is 0 Å². The molecule has 0 radical (unpaired) electrons. The summed E-state index contributed by atoms with van der Waals surface area (Å²) in [5.41, 5.74) is 3.01. The van der Waals surface area contributed by atoms with Gasteiger partial charge in [-0.1, -0.05) is 45.0 Å². The fraction of sp³-hybridized carbons (Fsp3) is 0.471. The smallest absolute Gasteiger partial charge is 0.117 e. The number of fused-ring (bicyclic) bond motifs is 1. The molecule has 2 aromatic rings. The van der Waals surface area contributed by atoms with Crippen LogP contribution >= 0.6 is 11.3 Å². The largest absolute Gasteiger partial charge is 0.302 e. The van der Waals surface area contributed by atoms with Crippen LogP contribution in [0.25, 0.3) is 0 Å². The van der Waals surface area contributed by atoms with Crippen molar-refractivity contribution in [2.24, 2.45) is 0 Å². The molecule has 0 amide bonds. The molecule has 1 heterocycles. The van der Waals surface area contributed by atoms with Gasteiger partial charge in [0, 0.05) is 11.6 Å². The predicted molar refractivity (Wildman–Crippen MR) is 85.3 cm³/mol. The number of hydrogen-bond acceptors (Lipinski definition) is 3. The van der Waals surface area contributed by atoms with Crippen molar-refractivity contribution in [3.63, 3.8) is 0 Å². The third kappa shape index (κ3) is 2.00. The minimum atomic E-state index is -0.102. The Bertz CT molecular complexity index is 589. The zero-order valence-electron chi connectivity index (χ0n) is 12.4. The average molecular weight is 286 g/mol. The Morgan fingerprint density at radius 3 is 2.60 bits per heavy atom. The molecule has 1 N–H and O–H groups in total. The van der Waals surface area contributed by atoms with Gasteiger partial charge in [-0.05, 0) is 35.9 Å². The van der Waals surface area contributed by atoms with E-state index >= 15 is 0 Å². The van der Waals surface area contributed by atoms with Gasteiger partial charge in [0.1, 0.15) is 5.01 Å². The van der Waals surface area contributed by atoms with Crippen LogP contribution < -0.4 is 5.32 Å². The first-order chi connectivity index (χ1) is 9.60. The van der Waals surface area contributed by atoms with Gasteiger partial charge in [-0.25, -0.2) is 4.98 Å². The van der Waals surface area contributed by atoms with Crippen molar-refractivity contribution in [3.05, 3.63) is 52.0 Å². The summed E-state index contributed by atoms with van der Waals surface area (Å²) >= 11 is 1.76. The van der Waals surface area contributed by atoms with Crippen molar-refractivity contribution in [2.75, 3.05) is 6.54 Å². The Morgan fingerprint density at radius 1 is 1.20 bits per heavy atom. The number of hydrogen-bond donors (Lipinski definition) is 1. The van der Waals surface area contributed by atoms with E-state index in [1.807, 2.05) is 6.20 Å². The van der Waals surface area contributed by atoms with Gasteiger partial charge in [-0.3, -0.25) is 0 Å². The van der Waals surface area contributed by atoms with Crippen molar-refractivity contribution < 1.29 is 0 Å². The first kappa shape index (κ1) is 13.8. The van der Waals surface area contributed by atoms with Crippen LogP contribution in [-0.2, 0) is 11.0 Å². The minimum absolute atomic E-state index is 0.102. The zero-order valence-corrected chi connectivity index (χ0v) is 13.3. The van der Waals surface area contributed by atoms with E-state index in [1.165, 1.54) is 22.6 Å². The highest BCUT2D eigenvalue weighted by Crippen LogP contribution is 2.48. The topological polar surface area (TPSA) is 24.9 Å². The molecule has 20 heavy (non-hydrogen) atoms. The van der Waals surface area contributed by atoms with Gasteiger partial charge in [0.2, 0.25) is 0 Å². The summed E-state index contributed by atoms with van der Waals surface area (Å²) in [5, 5.41) is 7.02.